The highest BCUT2D eigenvalue weighted by Crippen LogP contribution is 2.57. The van der Waals surface area contributed by atoms with Gasteiger partial charge in [0.05, 0.1) is 22.4 Å². The van der Waals surface area contributed by atoms with Gasteiger partial charge in [0, 0.05) is 22.6 Å². The van der Waals surface area contributed by atoms with Crippen molar-refractivity contribution in [1.29, 1.82) is 0 Å². The predicted molar refractivity (Wildman–Crippen MR) is 157 cm³/mol. The predicted octanol–water partition coefficient (Wildman–Crippen LogP) is 6.87. The van der Waals surface area contributed by atoms with Crippen LogP contribution < -0.4 is 5.76 Å². The Kier molecular flexibility index (Phi) is 6.38. The average Bonchev–Trinajstić information content (AvgIpc) is 3.27. The second-order valence-electron chi connectivity index (χ2n) is 12.0. The number of aromatic nitrogens is 4. The van der Waals surface area contributed by atoms with Crippen molar-refractivity contribution in [2.24, 2.45) is 11.8 Å². The number of fused-ring (bicyclic) bond motifs is 3. The van der Waals surface area contributed by atoms with Gasteiger partial charge in [-0.3, -0.25) is 9.51 Å². The first-order valence-electron chi connectivity index (χ1n) is 14.5. The van der Waals surface area contributed by atoms with Crippen LogP contribution in [0.5, 0.6) is 0 Å². The highest BCUT2D eigenvalue weighted by molar-refractivity contribution is 7.18. The van der Waals surface area contributed by atoms with E-state index in [0.29, 0.717) is 45.7 Å². The number of ether oxygens (including phenoxy) is 1. The van der Waals surface area contributed by atoms with Gasteiger partial charge in [0.25, 0.3) is 0 Å². The largest absolute Gasteiger partial charge is 0.439 e. The van der Waals surface area contributed by atoms with Crippen LogP contribution in [0.15, 0.2) is 44.2 Å². The van der Waals surface area contributed by atoms with E-state index in [2.05, 4.69) is 24.8 Å². The van der Waals surface area contributed by atoms with Crippen molar-refractivity contribution < 1.29 is 23.3 Å². The molecule has 0 radical (unpaired) electrons. The quantitative estimate of drug-likeness (QED) is 0.201. The summed E-state index contributed by atoms with van der Waals surface area (Å²) in [6.45, 7) is 2.37. The van der Waals surface area contributed by atoms with Gasteiger partial charge in [-0.15, -0.1) is 11.3 Å². The van der Waals surface area contributed by atoms with Crippen molar-refractivity contribution in [2.45, 2.75) is 69.7 Å². The van der Waals surface area contributed by atoms with Gasteiger partial charge in [-0.05, 0) is 81.0 Å². The van der Waals surface area contributed by atoms with Gasteiger partial charge in [-0.25, -0.2) is 14.2 Å². The molecular formula is C31H28ClFN4O5S. The molecule has 3 aromatic heterocycles. The molecular weight excluding hydrogens is 595 g/mol. The molecule has 0 spiro atoms. The Morgan fingerprint density at radius 3 is 2.65 bits per heavy atom. The van der Waals surface area contributed by atoms with Crippen LogP contribution in [-0.2, 0) is 16.9 Å². The third-order valence-electron chi connectivity index (χ3n) is 9.40. The third-order valence-corrected chi connectivity index (χ3v) is 10.9. The Morgan fingerprint density at radius 2 is 1.95 bits per heavy atom. The number of nitrogens with zero attached hydrogens (tertiary/aromatic N) is 3. The van der Waals surface area contributed by atoms with E-state index < -0.39 is 17.2 Å². The van der Waals surface area contributed by atoms with Gasteiger partial charge in [-0.2, -0.15) is 0 Å². The normalized spacial score (nSPS) is 25.2. The number of aliphatic hydroxyl groups is 1. The maximum atomic E-state index is 15.1. The molecule has 4 atom stereocenters. The molecule has 222 valence electrons. The summed E-state index contributed by atoms with van der Waals surface area (Å²) < 4.78 is 32.7. The summed E-state index contributed by atoms with van der Waals surface area (Å²) >= 11 is 7.89. The van der Waals surface area contributed by atoms with Crippen LogP contribution in [0.4, 0.5) is 4.39 Å². The van der Waals surface area contributed by atoms with E-state index in [1.165, 1.54) is 17.4 Å². The van der Waals surface area contributed by atoms with Crippen molar-refractivity contribution in [2.75, 3.05) is 0 Å². The summed E-state index contributed by atoms with van der Waals surface area (Å²) in [5.41, 5.74) is 3.02. The Morgan fingerprint density at radius 1 is 1.16 bits per heavy atom. The average molecular weight is 623 g/mol. The fraction of sp³-hybridized carbons (Fsp3) is 0.419. The van der Waals surface area contributed by atoms with E-state index in [1.54, 1.807) is 6.07 Å². The number of thiazole rings is 1. The second-order valence-corrected chi connectivity index (χ2v) is 13.5. The zero-order valence-corrected chi connectivity index (χ0v) is 24.8. The molecule has 2 bridgehead atoms. The molecule has 3 heterocycles. The standard InChI is InChI=1S/C31H28ClFN4O5S/c1-14-3-2-4-21(32)24(14)25-20(27(41-36-25)15-5-6-15)13-40-19-11-17-7-8-18(12-19)31(17,39)29-34-26-22(33)9-16(10-23(26)43-29)28-35-30(38)42-37-28/h2-4,9-10,15,17-19,39H,5-8,11-13H2,1H3,(H,35,37,38)/t17-,18+,19?,31?. The molecule has 43 heavy (non-hydrogen) atoms. The minimum Gasteiger partial charge on any atom is -0.382 e. The lowest BCUT2D eigenvalue weighted by molar-refractivity contribution is -0.116. The van der Waals surface area contributed by atoms with Gasteiger partial charge in [0.1, 0.15) is 27.6 Å². The summed E-state index contributed by atoms with van der Waals surface area (Å²) in [7, 11) is 0. The lowest BCUT2D eigenvalue weighted by atomic mass is 9.73. The lowest BCUT2D eigenvalue weighted by Gasteiger charge is -2.41. The Bertz CT molecular complexity index is 1890. The number of aryl methyl sites for hydroxylation is 1. The van der Waals surface area contributed by atoms with Crippen LogP contribution in [-0.4, -0.2) is 31.5 Å². The molecule has 2 N–H and O–H groups in total. The van der Waals surface area contributed by atoms with Crippen LogP contribution in [0.1, 0.15) is 66.3 Å². The van der Waals surface area contributed by atoms with Crippen molar-refractivity contribution in [1.82, 2.24) is 20.3 Å². The van der Waals surface area contributed by atoms with E-state index in [4.69, 9.17) is 20.9 Å². The maximum absolute atomic E-state index is 15.1. The Hall–Kier alpha value is -3.38. The number of benzene rings is 2. The van der Waals surface area contributed by atoms with Crippen LogP contribution in [0.25, 0.3) is 32.9 Å². The highest BCUT2D eigenvalue weighted by atomic mass is 35.5. The molecule has 3 saturated carbocycles. The molecule has 0 aliphatic heterocycles. The van der Waals surface area contributed by atoms with Gasteiger partial charge in [-0.1, -0.05) is 34.0 Å². The fourth-order valence-electron chi connectivity index (χ4n) is 7.10. The molecule has 0 saturated heterocycles. The van der Waals surface area contributed by atoms with Gasteiger partial charge in [0.2, 0.25) is 0 Å². The first kappa shape index (κ1) is 27.2. The number of hydrogen-bond donors (Lipinski definition) is 2. The minimum atomic E-state index is -1.16. The molecule has 3 fully saturated rings. The first-order chi connectivity index (χ1) is 20.8. The fourth-order valence-corrected chi connectivity index (χ4v) is 8.67. The molecule has 3 aliphatic rings. The van der Waals surface area contributed by atoms with E-state index in [-0.39, 0.29) is 29.3 Å². The van der Waals surface area contributed by atoms with Gasteiger partial charge >= 0.3 is 5.76 Å². The molecule has 2 aromatic carbocycles. The number of nitrogens with one attached hydrogen (secondary N) is 1. The highest BCUT2D eigenvalue weighted by Gasteiger charge is 2.56. The Balaban J connectivity index is 1.05. The monoisotopic (exact) mass is 622 g/mol. The first-order valence-corrected chi connectivity index (χ1v) is 15.7. The molecule has 2 unspecified atom stereocenters. The lowest BCUT2D eigenvalue weighted by Crippen LogP contribution is -2.44. The summed E-state index contributed by atoms with van der Waals surface area (Å²) in [5.74, 6) is -0.00800. The smallest absolute Gasteiger partial charge is 0.382 e. The van der Waals surface area contributed by atoms with E-state index in [9.17, 15) is 9.90 Å². The van der Waals surface area contributed by atoms with E-state index in [1.807, 2.05) is 25.1 Å². The van der Waals surface area contributed by atoms with Crippen LogP contribution in [0.3, 0.4) is 0 Å². The molecule has 9 nitrogen and oxygen atoms in total. The third kappa shape index (κ3) is 4.47. The number of H-pyrrole nitrogens is 1. The molecule has 5 aromatic rings. The van der Waals surface area contributed by atoms with Crippen molar-refractivity contribution in [3.05, 3.63) is 73.6 Å². The van der Waals surface area contributed by atoms with E-state index in [0.717, 1.165) is 53.8 Å². The number of rotatable bonds is 7. The number of aromatic amines is 1. The SMILES string of the molecule is Cc1cccc(Cl)c1-c1noc(C2CC2)c1COC1C[C@H]2CC[C@@H](C1)C2(O)c1nc2c(F)cc(-c3noc(=O)[nH]3)cc2s1. The van der Waals surface area contributed by atoms with Crippen molar-refractivity contribution >= 4 is 33.2 Å². The van der Waals surface area contributed by atoms with Gasteiger partial charge in [0.15, 0.2) is 11.6 Å². The zero-order chi connectivity index (χ0) is 29.5. The summed E-state index contributed by atoms with van der Waals surface area (Å²) in [4.78, 5) is 18.4. The minimum absolute atomic E-state index is 0.0540. The van der Waals surface area contributed by atoms with Crippen molar-refractivity contribution in [3.63, 3.8) is 0 Å². The van der Waals surface area contributed by atoms with Crippen LogP contribution in [0.2, 0.25) is 5.02 Å². The van der Waals surface area contributed by atoms with Crippen molar-refractivity contribution in [3.8, 4) is 22.6 Å². The molecule has 12 heteroatoms. The summed E-state index contributed by atoms with van der Waals surface area (Å²) in [6, 6.07) is 8.78. The molecule has 3 aliphatic carbocycles. The maximum Gasteiger partial charge on any atom is 0.439 e. The second kappa shape index (κ2) is 10.1. The van der Waals surface area contributed by atoms with E-state index >= 15 is 4.39 Å². The Labute approximate surface area is 254 Å². The van der Waals surface area contributed by atoms with Gasteiger partial charge < -0.3 is 14.4 Å². The molecule has 0 amide bonds. The summed E-state index contributed by atoms with van der Waals surface area (Å²) in [5, 5.41) is 21.4. The number of halogens is 2. The number of hydrogen-bond acceptors (Lipinski definition) is 9. The topological polar surface area (TPSA) is 127 Å². The zero-order valence-electron chi connectivity index (χ0n) is 23.2. The molecule has 8 rings (SSSR count). The summed E-state index contributed by atoms with van der Waals surface area (Å²) in [6.07, 6.45) is 5.12. The van der Waals surface area contributed by atoms with Crippen LogP contribution >= 0.6 is 22.9 Å². The van der Waals surface area contributed by atoms with Crippen LogP contribution in [0, 0.1) is 24.6 Å².